The number of carbonyl (C=O) groups is 3. The third-order valence-corrected chi connectivity index (χ3v) is 6.24. The topological polar surface area (TPSA) is 87.7 Å². The van der Waals surface area contributed by atoms with E-state index in [0.717, 1.165) is 36.0 Å². The molecule has 0 aliphatic heterocycles. The molecule has 0 aliphatic rings. The van der Waals surface area contributed by atoms with E-state index in [1.807, 2.05) is 59.7 Å². The first-order chi connectivity index (χ1) is 16.7. The Morgan fingerprint density at radius 1 is 0.972 bits per heavy atom. The molecule has 3 atom stereocenters. The normalized spacial score (nSPS) is 14.1. The largest absolute Gasteiger partial charge is 0.444 e. The quantitative estimate of drug-likeness (QED) is 0.352. The SMILES string of the molecule is CCCCCN(C(=O)C(NC(=O)OC(C)(C)C)C(C)CC)C(C(=O)NC(C)C)c1c(C)cccc1C. The first-order valence-electron chi connectivity index (χ1n) is 13.4. The standard InChI is InChI=1S/C29H49N3O4/c1-11-13-14-18-32(27(34)24(20(5)12-2)31-28(35)36-29(8,9)10)25(26(33)30-19(3)4)23-21(6)16-15-17-22(23)7/h15-17,19-20,24-25H,11-14,18H2,1-10H3,(H,30,33)(H,31,35). The van der Waals surface area contributed by atoms with Gasteiger partial charge in [-0.2, -0.15) is 0 Å². The summed E-state index contributed by atoms with van der Waals surface area (Å²) in [6, 6.07) is 4.20. The van der Waals surface area contributed by atoms with Crippen LogP contribution < -0.4 is 10.6 Å². The van der Waals surface area contributed by atoms with E-state index in [4.69, 9.17) is 4.74 Å². The summed E-state index contributed by atoms with van der Waals surface area (Å²) in [6.07, 6.45) is 2.73. The van der Waals surface area contributed by atoms with Gasteiger partial charge in [-0.05, 0) is 77.5 Å². The van der Waals surface area contributed by atoms with E-state index in [1.165, 1.54) is 0 Å². The molecule has 3 amide bonds. The van der Waals surface area contributed by atoms with E-state index >= 15 is 0 Å². The van der Waals surface area contributed by atoms with Crippen molar-refractivity contribution in [1.29, 1.82) is 0 Å². The van der Waals surface area contributed by atoms with Gasteiger partial charge in [0, 0.05) is 12.6 Å². The second kappa shape index (κ2) is 14.2. The van der Waals surface area contributed by atoms with E-state index < -0.39 is 23.8 Å². The summed E-state index contributed by atoms with van der Waals surface area (Å²) >= 11 is 0. The minimum atomic E-state index is -0.815. The number of ether oxygens (including phenoxy) is 1. The van der Waals surface area contributed by atoms with Gasteiger partial charge >= 0.3 is 6.09 Å². The Bertz CT molecular complexity index is 856. The van der Waals surface area contributed by atoms with Crippen LogP contribution in [0.2, 0.25) is 0 Å². The average molecular weight is 504 g/mol. The number of alkyl carbamates (subject to hydrolysis) is 1. The summed E-state index contributed by atoms with van der Waals surface area (Å²) in [6.45, 7) is 19.6. The van der Waals surface area contributed by atoms with Crippen LogP contribution in [0.4, 0.5) is 4.79 Å². The number of nitrogens with one attached hydrogen (secondary N) is 2. The molecule has 1 aromatic rings. The maximum atomic E-state index is 14.2. The minimum Gasteiger partial charge on any atom is -0.444 e. The molecule has 3 unspecified atom stereocenters. The van der Waals surface area contributed by atoms with Gasteiger partial charge < -0.3 is 20.3 Å². The number of benzene rings is 1. The van der Waals surface area contributed by atoms with Crippen LogP contribution in [0.3, 0.4) is 0 Å². The van der Waals surface area contributed by atoms with E-state index in [-0.39, 0.29) is 23.8 Å². The van der Waals surface area contributed by atoms with Crippen LogP contribution in [-0.4, -0.2) is 47.0 Å². The molecular weight excluding hydrogens is 454 g/mol. The zero-order valence-electron chi connectivity index (χ0n) is 24.2. The smallest absolute Gasteiger partial charge is 0.408 e. The fraction of sp³-hybridized carbons (Fsp3) is 0.690. The summed E-state index contributed by atoms with van der Waals surface area (Å²) in [5.41, 5.74) is 2.05. The number of carbonyl (C=O) groups excluding carboxylic acids is 3. The highest BCUT2D eigenvalue weighted by Crippen LogP contribution is 2.30. The van der Waals surface area contributed by atoms with Crippen molar-refractivity contribution < 1.29 is 19.1 Å². The van der Waals surface area contributed by atoms with Crippen LogP contribution in [0.1, 0.15) is 104 Å². The molecule has 7 nitrogen and oxygen atoms in total. The number of rotatable bonds is 12. The Morgan fingerprint density at radius 2 is 1.56 bits per heavy atom. The van der Waals surface area contributed by atoms with Crippen molar-refractivity contribution in [2.24, 2.45) is 5.92 Å². The van der Waals surface area contributed by atoms with Crippen LogP contribution >= 0.6 is 0 Å². The fourth-order valence-electron chi connectivity index (χ4n) is 4.25. The van der Waals surface area contributed by atoms with Gasteiger partial charge in [-0.1, -0.05) is 58.2 Å². The highest BCUT2D eigenvalue weighted by Gasteiger charge is 2.39. The molecule has 2 N–H and O–H groups in total. The van der Waals surface area contributed by atoms with E-state index in [0.29, 0.717) is 13.0 Å². The molecular formula is C29H49N3O4. The molecule has 1 aromatic carbocycles. The monoisotopic (exact) mass is 503 g/mol. The van der Waals surface area contributed by atoms with Gasteiger partial charge in [0.05, 0.1) is 0 Å². The van der Waals surface area contributed by atoms with Crippen LogP contribution in [0, 0.1) is 19.8 Å². The number of nitrogens with zero attached hydrogens (tertiary/aromatic N) is 1. The lowest BCUT2D eigenvalue weighted by Gasteiger charge is -2.37. The molecule has 0 aromatic heterocycles. The molecule has 0 fully saturated rings. The lowest BCUT2D eigenvalue weighted by molar-refractivity contribution is -0.143. The number of unbranched alkanes of at least 4 members (excludes halogenated alkanes) is 2. The average Bonchev–Trinajstić information content (AvgIpc) is 2.75. The van der Waals surface area contributed by atoms with E-state index in [9.17, 15) is 14.4 Å². The van der Waals surface area contributed by atoms with E-state index in [1.54, 1.807) is 25.7 Å². The molecule has 7 heteroatoms. The third-order valence-electron chi connectivity index (χ3n) is 6.24. The first-order valence-corrected chi connectivity index (χ1v) is 13.4. The Labute approximate surface area is 218 Å². The second-order valence-corrected chi connectivity index (χ2v) is 11.1. The van der Waals surface area contributed by atoms with Crippen LogP contribution in [0.25, 0.3) is 0 Å². The highest BCUT2D eigenvalue weighted by atomic mass is 16.6. The lowest BCUT2D eigenvalue weighted by Crippen LogP contribution is -2.56. The van der Waals surface area contributed by atoms with Crippen molar-refractivity contribution in [1.82, 2.24) is 15.5 Å². The predicted octanol–water partition coefficient (Wildman–Crippen LogP) is 5.83. The van der Waals surface area contributed by atoms with Crippen molar-refractivity contribution in [3.05, 3.63) is 34.9 Å². The summed E-state index contributed by atoms with van der Waals surface area (Å²) in [5.74, 6) is -0.629. The van der Waals surface area contributed by atoms with Crippen molar-refractivity contribution in [2.45, 2.75) is 119 Å². The lowest BCUT2D eigenvalue weighted by atomic mass is 9.91. The zero-order valence-corrected chi connectivity index (χ0v) is 24.2. The van der Waals surface area contributed by atoms with Crippen molar-refractivity contribution in [3.63, 3.8) is 0 Å². The Kier molecular flexibility index (Phi) is 12.4. The first kappa shape index (κ1) is 31.5. The number of hydrogen-bond acceptors (Lipinski definition) is 4. The predicted molar refractivity (Wildman–Crippen MR) is 146 cm³/mol. The molecule has 1 rings (SSSR count). The fourth-order valence-corrected chi connectivity index (χ4v) is 4.25. The highest BCUT2D eigenvalue weighted by molar-refractivity contribution is 5.92. The maximum absolute atomic E-state index is 14.2. The van der Waals surface area contributed by atoms with Gasteiger partial charge in [-0.25, -0.2) is 4.79 Å². The molecule has 0 saturated heterocycles. The summed E-state index contributed by atoms with van der Waals surface area (Å²) < 4.78 is 5.47. The Balaban J connectivity index is 3.61. The van der Waals surface area contributed by atoms with Crippen molar-refractivity contribution in [3.8, 4) is 0 Å². The van der Waals surface area contributed by atoms with Gasteiger partial charge in [0.15, 0.2) is 0 Å². The molecule has 0 radical (unpaired) electrons. The minimum absolute atomic E-state index is 0.0813. The van der Waals surface area contributed by atoms with Crippen molar-refractivity contribution >= 4 is 17.9 Å². The Hall–Kier alpha value is -2.57. The number of aryl methyl sites for hydroxylation is 2. The van der Waals surface area contributed by atoms with Crippen LogP contribution in [-0.2, 0) is 14.3 Å². The molecule has 204 valence electrons. The summed E-state index contributed by atoms with van der Waals surface area (Å²) in [7, 11) is 0. The van der Waals surface area contributed by atoms with Gasteiger partial charge in [0.1, 0.15) is 17.7 Å². The van der Waals surface area contributed by atoms with Gasteiger partial charge in [0.2, 0.25) is 11.8 Å². The Morgan fingerprint density at radius 3 is 2.03 bits per heavy atom. The molecule has 0 bridgehead atoms. The summed E-state index contributed by atoms with van der Waals surface area (Å²) in [5, 5.41) is 5.86. The molecule has 36 heavy (non-hydrogen) atoms. The third kappa shape index (κ3) is 9.47. The van der Waals surface area contributed by atoms with Gasteiger partial charge in [-0.3, -0.25) is 9.59 Å². The molecule has 0 saturated carbocycles. The molecule has 0 aliphatic carbocycles. The number of hydrogen-bond donors (Lipinski definition) is 2. The number of amides is 3. The van der Waals surface area contributed by atoms with Crippen LogP contribution in [0.5, 0.6) is 0 Å². The zero-order chi connectivity index (χ0) is 27.6. The maximum Gasteiger partial charge on any atom is 0.408 e. The van der Waals surface area contributed by atoms with Gasteiger partial charge in [-0.15, -0.1) is 0 Å². The molecule has 0 heterocycles. The van der Waals surface area contributed by atoms with Crippen LogP contribution in [0.15, 0.2) is 18.2 Å². The molecule has 0 spiro atoms. The van der Waals surface area contributed by atoms with E-state index in [2.05, 4.69) is 17.6 Å². The second-order valence-electron chi connectivity index (χ2n) is 11.1. The summed E-state index contributed by atoms with van der Waals surface area (Å²) in [4.78, 5) is 42.3. The van der Waals surface area contributed by atoms with Gasteiger partial charge in [0.25, 0.3) is 0 Å². The van der Waals surface area contributed by atoms with Crippen molar-refractivity contribution in [2.75, 3.05) is 6.54 Å².